The van der Waals surface area contributed by atoms with Gasteiger partial charge in [0.25, 0.3) is 0 Å². The number of carbonyl (C=O) groups is 1. The number of methoxy groups -OCH3 is 1. The maximum absolute atomic E-state index is 11.5. The second-order valence-corrected chi connectivity index (χ2v) is 4.37. The third-order valence-electron chi connectivity index (χ3n) is 2.23. The number of aliphatic hydroxyl groups is 1. The second kappa shape index (κ2) is 6.66. The fourth-order valence-corrected chi connectivity index (χ4v) is 2.00. The van der Waals surface area contributed by atoms with Gasteiger partial charge in [-0.3, -0.25) is 4.79 Å². The molecule has 1 rings (SSSR count). The molecule has 0 amide bonds. The zero-order valence-corrected chi connectivity index (χ0v) is 10.8. The van der Waals surface area contributed by atoms with Crippen molar-refractivity contribution < 1.29 is 14.6 Å². The maximum Gasteiger partial charge on any atom is 0.137 e. The minimum atomic E-state index is 0.0675. The minimum Gasteiger partial charge on any atom is -0.496 e. The molecule has 0 spiro atoms. The van der Waals surface area contributed by atoms with Gasteiger partial charge in [-0.1, -0.05) is 6.07 Å². The number of hydrogen-bond acceptors (Lipinski definition) is 3. The van der Waals surface area contributed by atoms with Gasteiger partial charge < -0.3 is 9.84 Å². The summed E-state index contributed by atoms with van der Waals surface area (Å²) in [5.41, 5.74) is 0.954. The lowest BCUT2D eigenvalue weighted by atomic mass is 10.1. The van der Waals surface area contributed by atoms with Gasteiger partial charge >= 0.3 is 0 Å². The summed E-state index contributed by atoms with van der Waals surface area (Å²) in [6, 6.07) is 5.59. The quantitative estimate of drug-likeness (QED) is 0.873. The molecule has 0 heterocycles. The summed E-state index contributed by atoms with van der Waals surface area (Å²) in [5, 5.41) is 8.62. The molecule has 0 aliphatic rings. The van der Waals surface area contributed by atoms with Crippen molar-refractivity contribution in [2.45, 2.75) is 19.3 Å². The standard InChI is InChI=1S/C12H15BrO3/c1-16-12-5-4-9(8-11(12)13)7-10(15)3-2-6-14/h4-5,8,14H,2-3,6-7H2,1H3. The first kappa shape index (κ1) is 13.2. The Morgan fingerprint density at radius 2 is 2.25 bits per heavy atom. The van der Waals surface area contributed by atoms with Gasteiger partial charge in [-0.15, -0.1) is 0 Å². The number of carbonyl (C=O) groups excluding carboxylic acids is 1. The molecule has 3 nitrogen and oxygen atoms in total. The molecule has 1 aromatic carbocycles. The highest BCUT2D eigenvalue weighted by molar-refractivity contribution is 9.10. The summed E-state index contributed by atoms with van der Waals surface area (Å²) in [4.78, 5) is 11.5. The van der Waals surface area contributed by atoms with Crippen LogP contribution in [0, 0.1) is 0 Å². The van der Waals surface area contributed by atoms with E-state index in [1.807, 2.05) is 18.2 Å². The van der Waals surface area contributed by atoms with Crippen LogP contribution in [0.25, 0.3) is 0 Å². The van der Waals surface area contributed by atoms with Crippen LogP contribution < -0.4 is 4.74 Å². The van der Waals surface area contributed by atoms with Crippen molar-refractivity contribution in [3.63, 3.8) is 0 Å². The van der Waals surface area contributed by atoms with Gasteiger partial charge in [0.2, 0.25) is 0 Å². The molecule has 0 fully saturated rings. The Balaban J connectivity index is 2.61. The highest BCUT2D eigenvalue weighted by Gasteiger charge is 2.06. The summed E-state index contributed by atoms with van der Waals surface area (Å²) < 4.78 is 5.95. The normalized spacial score (nSPS) is 10.2. The molecule has 88 valence electrons. The molecule has 0 atom stereocenters. The molecule has 0 aliphatic heterocycles. The van der Waals surface area contributed by atoms with Crippen LogP contribution >= 0.6 is 15.9 Å². The topological polar surface area (TPSA) is 46.5 Å². The van der Waals surface area contributed by atoms with Crippen LogP contribution in [0.3, 0.4) is 0 Å². The molecular formula is C12H15BrO3. The first-order chi connectivity index (χ1) is 7.67. The lowest BCUT2D eigenvalue weighted by Crippen LogP contribution is -2.03. The van der Waals surface area contributed by atoms with E-state index in [2.05, 4.69) is 15.9 Å². The predicted molar refractivity (Wildman–Crippen MR) is 65.7 cm³/mol. The molecule has 0 saturated heterocycles. The Bertz CT molecular complexity index is 363. The first-order valence-corrected chi connectivity index (χ1v) is 5.91. The van der Waals surface area contributed by atoms with E-state index in [0.717, 1.165) is 15.8 Å². The average molecular weight is 287 g/mol. The Kier molecular flexibility index (Phi) is 5.49. The van der Waals surface area contributed by atoms with Crippen LogP contribution in [-0.2, 0) is 11.2 Å². The lowest BCUT2D eigenvalue weighted by Gasteiger charge is -2.05. The Morgan fingerprint density at radius 3 is 2.81 bits per heavy atom. The molecule has 1 N–H and O–H groups in total. The van der Waals surface area contributed by atoms with Crippen LogP contribution in [0.15, 0.2) is 22.7 Å². The molecule has 0 bridgehead atoms. The second-order valence-electron chi connectivity index (χ2n) is 3.51. The molecular weight excluding hydrogens is 272 g/mol. The third-order valence-corrected chi connectivity index (χ3v) is 2.85. The average Bonchev–Trinajstić information content (AvgIpc) is 2.26. The smallest absolute Gasteiger partial charge is 0.137 e. The van der Waals surface area contributed by atoms with Crippen molar-refractivity contribution in [3.8, 4) is 5.75 Å². The van der Waals surface area contributed by atoms with Gasteiger partial charge in [0.05, 0.1) is 11.6 Å². The van der Waals surface area contributed by atoms with Crippen molar-refractivity contribution >= 4 is 21.7 Å². The number of ketones is 1. The van der Waals surface area contributed by atoms with Gasteiger partial charge in [-0.05, 0) is 40.0 Å². The van der Waals surface area contributed by atoms with Gasteiger partial charge in [0, 0.05) is 19.4 Å². The molecule has 16 heavy (non-hydrogen) atoms. The van der Waals surface area contributed by atoms with E-state index in [1.165, 1.54) is 0 Å². The predicted octanol–water partition coefficient (Wildman–Crippen LogP) is 2.34. The largest absolute Gasteiger partial charge is 0.496 e. The third kappa shape index (κ3) is 3.94. The van der Waals surface area contributed by atoms with E-state index in [0.29, 0.717) is 19.3 Å². The van der Waals surface area contributed by atoms with Gasteiger partial charge in [0.15, 0.2) is 0 Å². The van der Waals surface area contributed by atoms with Crippen molar-refractivity contribution in [2.24, 2.45) is 0 Å². The number of ether oxygens (including phenoxy) is 1. The van der Waals surface area contributed by atoms with Crippen LogP contribution in [-0.4, -0.2) is 24.6 Å². The Hall–Kier alpha value is -0.870. The van der Waals surface area contributed by atoms with Gasteiger partial charge in [-0.2, -0.15) is 0 Å². The SMILES string of the molecule is COc1ccc(CC(=O)CCCO)cc1Br. The highest BCUT2D eigenvalue weighted by atomic mass is 79.9. The fraction of sp³-hybridized carbons (Fsp3) is 0.417. The van der Waals surface area contributed by atoms with E-state index in [-0.39, 0.29) is 12.4 Å². The molecule has 0 radical (unpaired) electrons. The van der Waals surface area contributed by atoms with Crippen molar-refractivity contribution in [3.05, 3.63) is 28.2 Å². The number of rotatable bonds is 6. The number of Topliss-reactive ketones (excluding diaryl/α,β-unsaturated/α-hetero) is 1. The summed E-state index contributed by atoms with van der Waals surface area (Å²) in [7, 11) is 1.60. The van der Waals surface area contributed by atoms with Crippen molar-refractivity contribution in [1.29, 1.82) is 0 Å². The van der Waals surface area contributed by atoms with E-state index in [1.54, 1.807) is 7.11 Å². The summed E-state index contributed by atoms with van der Waals surface area (Å²) in [6.45, 7) is 0.0675. The number of hydrogen-bond donors (Lipinski definition) is 1. The molecule has 0 saturated carbocycles. The van der Waals surface area contributed by atoms with E-state index >= 15 is 0 Å². The molecule has 0 unspecified atom stereocenters. The Morgan fingerprint density at radius 1 is 1.50 bits per heavy atom. The van der Waals surface area contributed by atoms with Crippen molar-refractivity contribution in [1.82, 2.24) is 0 Å². The van der Waals surface area contributed by atoms with Gasteiger partial charge in [0.1, 0.15) is 11.5 Å². The van der Waals surface area contributed by atoms with Crippen LogP contribution in [0.2, 0.25) is 0 Å². The zero-order chi connectivity index (χ0) is 12.0. The summed E-state index contributed by atoms with van der Waals surface area (Å²) in [5.74, 6) is 0.901. The molecule has 0 aromatic heterocycles. The van der Waals surface area contributed by atoms with Crippen LogP contribution in [0.4, 0.5) is 0 Å². The van der Waals surface area contributed by atoms with Crippen LogP contribution in [0.1, 0.15) is 18.4 Å². The van der Waals surface area contributed by atoms with Gasteiger partial charge in [-0.25, -0.2) is 0 Å². The van der Waals surface area contributed by atoms with Crippen LogP contribution in [0.5, 0.6) is 5.75 Å². The molecule has 4 heteroatoms. The highest BCUT2D eigenvalue weighted by Crippen LogP contribution is 2.25. The molecule has 1 aromatic rings. The van der Waals surface area contributed by atoms with Crippen molar-refractivity contribution in [2.75, 3.05) is 13.7 Å². The number of aliphatic hydroxyl groups excluding tert-OH is 1. The number of halogens is 1. The fourth-order valence-electron chi connectivity index (χ4n) is 1.41. The zero-order valence-electron chi connectivity index (χ0n) is 9.20. The molecule has 0 aliphatic carbocycles. The van der Waals surface area contributed by atoms with E-state index in [4.69, 9.17) is 9.84 Å². The minimum absolute atomic E-state index is 0.0675. The Labute approximate surface area is 104 Å². The van der Waals surface area contributed by atoms with E-state index in [9.17, 15) is 4.79 Å². The summed E-state index contributed by atoms with van der Waals surface area (Å²) >= 11 is 3.37. The maximum atomic E-state index is 11.5. The first-order valence-electron chi connectivity index (χ1n) is 5.12. The number of benzene rings is 1. The summed E-state index contributed by atoms with van der Waals surface area (Å²) in [6.07, 6.45) is 1.37. The monoisotopic (exact) mass is 286 g/mol. The lowest BCUT2D eigenvalue weighted by molar-refractivity contribution is -0.118. The van der Waals surface area contributed by atoms with E-state index < -0.39 is 0 Å².